The lowest BCUT2D eigenvalue weighted by Crippen LogP contribution is -2.36. The lowest BCUT2D eigenvalue weighted by atomic mass is 9.60. The molecule has 0 bridgehead atoms. The Bertz CT molecular complexity index is 715. The maximum Gasteiger partial charge on any atom is 0.0618 e. The van der Waals surface area contributed by atoms with Crippen LogP contribution in [0.4, 0.5) is 0 Å². The highest BCUT2D eigenvalue weighted by Gasteiger charge is 2.50. The van der Waals surface area contributed by atoms with Crippen LogP contribution in [0.1, 0.15) is 105 Å². The van der Waals surface area contributed by atoms with E-state index in [1.54, 1.807) is 5.57 Å². The van der Waals surface area contributed by atoms with E-state index in [-0.39, 0.29) is 0 Å². The van der Waals surface area contributed by atoms with Gasteiger partial charge in [-0.15, -0.1) is 0 Å². The minimum Gasteiger partial charge on any atom is -0.390 e. The smallest absolute Gasteiger partial charge is 0.0618 e. The Morgan fingerprint density at radius 1 is 1.21 bits per heavy atom. The molecule has 188 valence electrons. The summed E-state index contributed by atoms with van der Waals surface area (Å²) in [6.07, 6.45) is 19.2. The van der Waals surface area contributed by atoms with Crippen LogP contribution in [-0.4, -0.2) is 30.0 Å². The predicted octanol–water partition coefficient (Wildman–Crippen LogP) is 7.11. The van der Waals surface area contributed by atoms with Gasteiger partial charge in [-0.1, -0.05) is 56.6 Å². The summed E-state index contributed by atoms with van der Waals surface area (Å²) in [5, 5.41) is 10.1. The molecule has 3 N–H and O–H groups in total. The Morgan fingerprint density at radius 3 is 2.73 bits per heavy atom. The Balaban J connectivity index is 1.64. The first kappa shape index (κ1) is 26.7. The van der Waals surface area contributed by atoms with Crippen LogP contribution in [0, 0.1) is 23.2 Å². The van der Waals surface area contributed by atoms with Crippen molar-refractivity contribution < 1.29 is 9.84 Å². The number of rotatable bonds is 10. The van der Waals surface area contributed by atoms with Crippen molar-refractivity contribution in [2.75, 3.05) is 13.2 Å². The van der Waals surface area contributed by atoms with Crippen molar-refractivity contribution in [3.63, 3.8) is 0 Å². The molecule has 3 fully saturated rings. The molecular weight excluding hydrogens is 406 g/mol. The molecule has 0 heterocycles. The van der Waals surface area contributed by atoms with Gasteiger partial charge in [-0.25, -0.2) is 0 Å². The second-order valence-corrected chi connectivity index (χ2v) is 12.2. The molecule has 3 rings (SSSR count). The van der Waals surface area contributed by atoms with Gasteiger partial charge in [0.25, 0.3) is 0 Å². The standard InChI is InChI=1S/C30H51NO2/c1-22-11-14-26(33-20-8-19-31)21-25(22)13-12-24-10-7-18-30(5)27(15-16-28(24)30)23(2)9-6-17-29(3,4)32/h12-13,23,26-28,32H,1,6-11,14-21,31H2,2-5H3/b24-12+,25-13-/t23-,26+,27?,28+,30?/m0/s1. The molecule has 3 saturated carbocycles. The van der Waals surface area contributed by atoms with E-state index in [4.69, 9.17) is 10.5 Å². The Kier molecular flexibility index (Phi) is 9.46. The highest BCUT2D eigenvalue weighted by molar-refractivity contribution is 5.36. The molecule has 5 atom stereocenters. The first-order chi connectivity index (χ1) is 15.6. The summed E-state index contributed by atoms with van der Waals surface area (Å²) in [4.78, 5) is 0. The average molecular weight is 458 g/mol. The Labute approximate surface area is 203 Å². The van der Waals surface area contributed by atoms with Gasteiger partial charge in [0.2, 0.25) is 0 Å². The van der Waals surface area contributed by atoms with E-state index < -0.39 is 5.60 Å². The van der Waals surface area contributed by atoms with Crippen LogP contribution in [0.15, 0.2) is 35.5 Å². The molecule has 3 aliphatic carbocycles. The van der Waals surface area contributed by atoms with Crippen molar-refractivity contribution in [1.82, 2.24) is 0 Å². The lowest BCUT2D eigenvalue weighted by molar-refractivity contribution is 0.0435. The van der Waals surface area contributed by atoms with Crippen LogP contribution in [-0.2, 0) is 4.74 Å². The van der Waals surface area contributed by atoms with E-state index in [1.807, 2.05) is 13.8 Å². The van der Waals surface area contributed by atoms with Crippen LogP contribution in [0.3, 0.4) is 0 Å². The van der Waals surface area contributed by atoms with Gasteiger partial charge in [0.15, 0.2) is 0 Å². The van der Waals surface area contributed by atoms with E-state index >= 15 is 0 Å². The van der Waals surface area contributed by atoms with E-state index in [0.29, 0.717) is 18.1 Å². The van der Waals surface area contributed by atoms with Crippen LogP contribution in [0.5, 0.6) is 0 Å². The molecule has 2 unspecified atom stereocenters. The normalized spacial score (nSPS) is 34.1. The number of hydrogen-bond acceptors (Lipinski definition) is 3. The maximum absolute atomic E-state index is 10.1. The van der Waals surface area contributed by atoms with E-state index in [2.05, 4.69) is 32.6 Å². The van der Waals surface area contributed by atoms with Crippen LogP contribution >= 0.6 is 0 Å². The Hall–Kier alpha value is -0.900. The second-order valence-electron chi connectivity index (χ2n) is 12.2. The number of aliphatic hydroxyl groups is 1. The first-order valence-corrected chi connectivity index (χ1v) is 13.8. The molecule has 3 nitrogen and oxygen atoms in total. The number of fused-ring (bicyclic) bond motifs is 1. The van der Waals surface area contributed by atoms with Crippen molar-refractivity contribution in [1.29, 1.82) is 0 Å². The third kappa shape index (κ3) is 7.05. The zero-order valence-electron chi connectivity index (χ0n) is 22.0. The summed E-state index contributed by atoms with van der Waals surface area (Å²) in [6.45, 7) is 14.8. The minimum absolute atomic E-state index is 0.323. The van der Waals surface area contributed by atoms with Crippen LogP contribution in [0.25, 0.3) is 0 Å². The topological polar surface area (TPSA) is 55.5 Å². The van der Waals surface area contributed by atoms with Gasteiger partial charge in [-0.3, -0.25) is 0 Å². The summed E-state index contributed by atoms with van der Waals surface area (Å²) in [5.41, 5.74) is 9.91. The van der Waals surface area contributed by atoms with Crippen LogP contribution < -0.4 is 5.73 Å². The molecule has 3 aliphatic rings. The summed E-state index contributed by atoms with van der Waals surface area (Å²) in [7, 11) is 0. The summed E-state index contributed by atoms with van der Waals surface area (Å²) >= 11 is 0. The van der Waals surface area contributed by atoms with Crippen molar-refractivity contribution in [2.45, 2.75) is 116 Å². The highest BCUT2D eigenvalue weighted by Crippen LogP contribution is 2.60. The maximum atomic E-state index is 10.1. The van der Waals surface area contributed by atoms with E-state index in [9.17, 15) is 5.11 Å². The molecule has 3 heteroatoms. The molecule has 0 radical (unpaired) electrons. The van der Waals surface area contributed by atoms with E-state index in [0.717, 1.165) is 62.9 Å². The molecule has 0 aromatic heterocycles. The zero-order chi connectivity index (χ0) is 24.1. The van der Waals surface area contributed by atoms with Crippen molar-refractivity contribution in [2.24, 2.45) is 28.9 Å². The molecule has 0 spiro atoms. The van der Waals surface area contributed by atoms with Gasteiger partial charge in [0.05, 0.1) is 11.7 Å². The summed E-state index contributed by atoms with van der Waals surface area (Å²) in [5.74, 6) is 2.29. The van der Waals surface area contributed by atoms with Gasteiger partial charge in [-0.2, -0.15) is 0 Å². The van der Waals surface area contributed by atoms with Crippen molar-refractivity contribution in [3.8, 4) is 0 Å². The van der Waals surface area contributed by atoms with Crippen LogP contribution in [0.2, 0.25) is 0 Å². The number of ether oxygens (including phenoxy) is 1. The molecule has 0 aromatic carbocycles. The summed E-state index contributed by atoms with van der Waals surface area (Å²) in [6, 6.07) is 0. The minimum atomic E-state index is -0.534. The molecular formula is C30H51NO2. The predicted molar refractivity (Wildman–Crippen MR) is 140 cm³/mol. The van der Waals surface area contributed by atoms with Gasteiger partial charge in [0.1, 0.15) is 0 Å². The van der Waals surface area contributed by atoms with Crippen molar-refractivity contribution in [3.05, 3.63) is 35.5 Å². The van der Waals surface area contributed by atoms with Crippen molar-refractivity contribution >= 4 is 0 Å². The molecule has 33 heavy (non-hydrogen) atoms. The van der Waals surface area contributed by atoms with E-state index in [1.165, 1.54) is 49.7 Å². The number of hydrogen-bond donors (Lipinski definition) is 2. The molecule has 0 aromatic rings. The third-order valence-electron chi connectivity index (χ3n) is 9.04. The monoisotopic (exact) mass is 457 g/mol. The van der Waals surface area contributed by atoms with Gasteiger partial charge in [0, 0.05) is 6.61 Å². The average Bonchev–Trinajstić information content (AvgIpc) is 3.10. The Morgan fingerprint density at radius 2 is 2.00 bits per heavy atom. The molecule has 0 aliphatic heterocycles. The van der Waals surface area contributed by atoms with Gasteiger partial charge in [-0.05, 0) is 113 Å². The fraction of sp³-hybridized carbons (Fsp3) is 0.800. The largest absolute Gasteiger partial charge is 0.390 e. The highest BCUT2D eigenvalue weighted by atomic mass is 16.5. The fourth-order valence-electron chi connectivity index (χ4n) is 7.13. The molecule has 0 saturated heterocycles. The third-order valence-corrected chi connectivity index (χ3v) is 9.04. The molecule has 0 amide bonds. The van der Waals surface area contributed by atoms with Gasteiger partial charge < -0.3 is 15.6 Å². The van der Waals surface area contributed by atoms with Gasteiger partial charge >= 0.3 is 0 Å². The lowest BCUT2D eigenvalue weighted by Gasteiger charge is -2.44. The second kappa shape index (κ2) is 11.7. The SMILES string of the molecule is C=C1CC[C@@H](OCCCN)C/C1=C/C=C1\CCCC2(C)C([C@@H](C)CCCC(C)(C)O)CC[C@H]12. The number of allylic oxidation sites excluding steroid dienone is 4. The number of nitrogens with two attached hydrogens (primary N) is 1. The quantitative estimate of drug-likeness (QED) is 0.344. The zero-order valence-corrected chi connectivity index (χ0v) is 22.0. The fourth-order valence-corrected chi connectivity index (χ4v) is 7.13. The summed E-state index contributed by atoms with van der Waals surface area (Å²) < 4.78 is 6.07. The first-order valence-electron chi connectivity index (χ1n) is 13.8.